The minimum Gasteiger partial charge on any atom is -0.331 e. The standard InChI is InChI=1S/C18H15N3OS/c1-13-6-8-14(9-7-13)10-11-17(22)21-18(23)20-16-5-3-2-4-15(16)12-19/h2-11H,1H3,(H2,20,21,22,23)/b11-10+. The van der Waals surface area contributed by atoms with E-state index in [2.05, 4.69) is 16.7 Å². The molecule has 0 aliphatic rings. The van der Waals surface area contributed by atoms with Crippen LogP contribution in [0.5, 0.6) is 0 Å². The van der Waals surface area contributed by atoms with Crippen LogP contribution < -0.4 is 10.6 Å². The number of amides is 1. The van der Waals surface area contributed by atoms with Gasteiger partial charge in [0.15, 0.2) is 5.11 Å². The number of thiocarbonyl (C=S) groups is 1. The minimum atomic E-state index is -0.336. The normalized spacial score (nSPS) is 10.1. The van der Waals surface area contributed by atoms with Crippen molar-refractivity contribution in [2.75, 3.05) is 5.32 Å². The molecule has 0 spiro atoms. The van der Waals surface area contributed by atoms with E-state index in [1.54, 1.807) is 30.3 Å². The van der Waals surface area contributed by atoms with Crippen LogP contribution >= 0.6 is 12.2 Å². The molecule has 0 fully saturated rings. The highest BCUT2D eigenvalue weighted by Crippen LogP contribution is 2.13. The molecule has 0 heterocycles. The molecular formula is C18H15N3OS. The summed E-state index contributed by atoms with van der Waals surface area (Å²) in [5.41, 5.74) is 3.11. The number of para-hydroxylation sites is 1. The zero-order valence-electron chi connectivity index (χ0n) is 12.5. The molecule has 0 saturated carbocycles. The molecule has 0 saturated heterocycles. The average Bonchev–Trinajstić information content (AvgIpc) is 2.54. The molecule has 0 bridgehead atoms. The molecule has 114 valence electrons. The monoisotopic (exact) mass is 321 g/mol. The molecule has 0 aliphatic heterocycles. The van der Waals surface area contributed by atoms with Gasteiger partial charge in [0, 0.05) is 6.08 Å². The van der Waals surface area contributed by atoms with Crippen molar-refractivity contribution in [1.29, 1.82) is 5.26 Å². The maximum absolute atomic E-state index is 11.8. The third-order valence-electron chi connectivity index (χ3n) is 3.04. The van der Waals surface area contributed by atoms with E-state index < -0.39 is 0 Å². The third kappa shape index (κ3) is 5.06. The van der Waals surface area contributed by atoms with E-state index in [0.717, 1.165) is 11.1 Å². The number of anilines is 1. The van der Waals surface area contributed by atoms with Crippen LogP contribution in [-0.4, -0.2) is 11.0 Å². The predicted molar refractivity (Wildman–Crippen MR) is 95.7 cm³/mol. The van der Waals surface area contributed by atoms with E-state index in [1.165, 1.54) is 6.08 Å². The van der Waals surface area contributed by atoms with Crippen LogP contribution in [0.4, 0.5) is 5.69 Å². The number of hydrogen-bond donors (Lipinski definition) is 2. The zero-order chi connectivity index (χ0) is 16.7. The number of rotatable bonds is 3. The van der Waals surface area contributed by atoms with Gasteiger partial charge in [-0.25, -0.2) is 0 Å². The Morgan fingerprint density at radius 1 is 1.17 bits per heavy atom. The first-order chi connectivity index (χ1) is 11.1. The first kappa shape index (κ1) is 16.4. The van der Waals surface area contributed by atoms with Crippen molar-refractivity contribution >= 4 is 35.0 Å². The third-order valence-corrected chi connectivity index (χ3v) is 3.24. The van der Waals surface area contributed by atoms with Gasteiger partial charge in [0.05, 0.1) is 11.3 Å². The zero-order valence-corrected chi connectivity index (χ0v) is 13.4. The van der Waals surface area contributed by atoms with Crippen molar-refractivity contribution in [3.63, 3.8) is 0 Å². The van der Waals surface area contributed by atoms with Crippen LogP contribution in [0.1, 0.15) is 16.7 Å². The fourth-order valence-electron chi connectivity index (χ4n) is 1.85. The first-order valence-corrected chi connectivity index (χ1v) is 7.35. The summed E-state index contributed by atoms with van der Waals surface area (Å²) in [6, 6.07) is 16.8. The number of hydrogen-bond acceptors (Lipinski definition) is 3. The van der Waals surface area contributed by atoms with Crippen LogP contribution in [0, 0.1) is 18.3 Å². The van der Waals surface area contributed by atoms with Gasteiger partial charge in [-0.15, -0.1) is 0 Å². The van der Waals surface area contributed by atoms with Crippen LogP contribution in [0.15, 0.2) is 54.6 Å². The van der Waals surface area contributed by atoms with Gasteiger partial charge in [0.1, 0.15) is 6.07 Å². The van der Waals surface area contributed by atoms with Gasteiger partial charge in [0.25, 0.3) is 0 Å². The fourth-order valence-corrected chi connectivity index (χ4v) is 2.06. The average molecular weight is 321 g/mol. The summed E-state index contributed by atoms with van der Waals surface area (Å²) in [6.07, 6.45) is 3.12. The highest BCUT2D eigenvalue weighted by atomic mass is 32.1. The number of nitrogens with zero attached hydrogens (tertiary/aromatic N) is 1. The number of benzene rings is 2. The first-order valence-electron chi connectivity index (χ1n) is 6.94. The summed E-state index contributed by atoms with van der Waals surface area (Å²) in [5, 5.41) is 14.5. The highest BCUT2D eigenvalue weighted by Gasteiger charge is 2.05. The second-order valence-corrected chi connectivity index (χ2v) is 5.25. The number of carbonyl (C=O) groups is 1. The summed E-state index contributed by atoms with van der Waals surface area (Å²) in [5.74, 6) is -0.336. The Morgan fingerprint density at radius 3 is 2.57 bits per heavy atom. The van der Waals surface area contributed by atoms with Gasteiger partial charge in [0.2, 0.25) is 5.91 Å². The highest BCUT2D eigenvalue weighted by molar-refractivity contribution is 7.80. The number of carbonyl (C=O) groups excluding carboxylic acids is 1. The molecule has 2 rings (SSSR count). The lowest BCUT2D eigenvalue weighted by atomic mass is 10.1. The van der Waals surface area contributed by atoms with Crippen molar-refractivity contribution in [2.24, 2.45) is 0 Å². The van der Waals surface area contributed by atoms with Crippen molar-refractivity contribution in [3.8, 4) is 6.07 Å². The molecule has 0 aromatic heterocycles. The van der Waals surface area contributed by atoms with Crippen molar-refractivity contribution in [2.45, 2.75) is 6.92 Å². The Hall–Kier alpha value is -2.97. The maximum atomic E-state index is 11.8. The number of nitrogens with one attached hydrogen (secondary N) is 2. The van der Waals surface area contributed by atoms with E-state index in [0.29, 0.717) is 11.3 Å². The Kier molecular flexibility index (Phi) is 5.61. The van der Waals surface area contributed by atoms with Gasteiger partial charge in [-0.2, -0.15) is 5.26 Å². The van der Waals surface area contributed by atoms with Gasteiger partial charge < -0.3 is 5.32 Å². The molecule has 1 amide bonds. The largest absolute Gasteiger partial charge is 0.331 e. The summed E-state index contributed by atoms with van der Waals surface area (Å²) in [4.78, 5) is 11.8. The van der Waals surface area contributed by atoms with Gasteiger partial charge in [-0.1, -0.05) is 42.0 Å². The van der Waals surface area contributed by atoms with E-state index in [4.69, 9.17) is 17.5 Å². The lowest BCUT2D eigenvalue weighted by Gasteiger charge is -2.09. The Bertz CT molecular complexity index is 789. The van der Waals surface area contributed by atoms with E-state index in [1.807, 2.05) is 31.2 Å². The molecule has 4 nitrogen and oxygen atoms in total. The van der Waals surface area contributed by atoms with E-state index in [9.17, 15) is 4.79 Å². The van der Waals surface area contributed by atoms with E-state index >= 15 is 0 Å². The Labute approximate surface area is 140 Å². The van der Waals surface area contributed by atoms with Crippen LogP contribution in [-0.2, 0) is 4.79 Å². The minimum absolute atomic E-state index is 0.145. The van der Waals surface area contributed by atoms with Gasteiger partial charge >= 0.3 is 0 Å². The molecule has 0 aliphatic carbocycles. The van der Waals surface area contributed by atoms with Crippen molar-refractivity contribution in [3.05, 3.63) is 71.3 Å². The van der Waals surface area contributed by atoms with Crippen LogP contribution in [0.2, 0.25) is 0 Å². The lowest BCUT2D eigenvalue weighted by Crippen LogP contribution is -2.33. The lowest BCUT2D eigenvalue weighted by molar-refractivity contribution is -0.115. The molecule has 23 heavy (non-hydrogen) atoms. The molecular weight excluding hydrogens is 306 g/mol. The Balaban J connectivity index is 1.93. The maximum Gasteiger partial charge on any atom is 0.250 e. The SMILES string of the molecule is Cc1ccc(/C=C/C(=O)NC(=S)Nc2ccccc2C#N)cc1. The molecule has 2 aromatic carbocycles. The molecule has 2 aromatic rings. The second-order valence-electron chi connectivity index (χ2n) is 4.84. The fraction of sp³-hybridized carbons (Fsp3) is 0.0556. The van der Waals surface area contributed by atoms with Crippen molar-refractivity contribution in [1.82, 2.24) is 5.32 Å². The van der Waals surface area contributed by atoms with E-state index in [-0.39, 0.29) is 11.0 Å². The topological polar surface area (TPSA) is 64.9 Å². The predicted octanol–water partition coefficient (Wildman–Crippen LogP) is 3.39. The Morgan fingerprint density at radius 2 is 1.87 bits per heavy atom. The molecule has 0 unspecified atom stereocenters. The summed E-state index contributed by atoms with van der Waals surface area (Å²) in [6.45, 7) is 2.00. The number of aryl methyl sites for hydroxylation is 1. The van der Waals surface area contributed by atoms with Gasteiger partial charge in [-0.05, 0) is 42.9 Å². The van der Waals surface area contributed by atoms with Crippen molar-refractivity contribution < 1.29 is 4.79 Å². The number of nitriles is 1. The quantitative estimate of drug-likeness (QED) is 0.672. The van der Waals surface area contributed by atoms with Gasteiger partial charge in [-0.3, -0.25) is 10.1 Å². The smallest absolute Gasteiger partial charge is 0.250 e. The summed E-state index contributed by atoms with van der Waals surface area (Å²) in [7, 11) is 0. The van der Waals surface area contributed by atoms with Crippen LogP contribution in [0.25, 0.3) is 6.08 Å². The molecule has 0 radical (unpaired) electrons. The summed E-state index contributed by atoms with van der Waals surface area (Å²) < 4.78 is 0. The summed E-state index contributed by atoms with van der Waals surface area (Å²) >= 11 is 5.08. The molecule has 5 heteroatoms. The second kappa shape index (κ2) is 7.87. The van der Waals surface area contributed by atoms with Crippen LogP contribution in [0.3, 0.4) is 0 Å². The molecule has 2 N–H and O–H groups in total. The molecule has 0 atom stereocenters.